The van der Waals surface area contributed by atoms with Gasteiger partial charge >= 0.3 is 11.9 Å². The summed E-state index contributed by atoms with van der Waals surface area (Å²) in [5, 5.41) is 11.6. The molecule has 5 saturated carbocycles. The lowest BCUT2D eigenvalue weighted by atomic mass is 9.42. The second-order valence-corrected chi connectivity index (χ2v) is 13.6. The van der Waals surface area contributed by atoms with E-state index in [4.69, 9.17) is 9.47 Å². The van der Waals surface area contributed by atoms with Crippen LogP contribution in [0.25, 0.3) is 0 Å². The summed E-state index contributed by atoms with van der Waals surface area (Å²) >= 11 is 0. The van der Waals surface area contributed by atoms with Crippen molar-refractivity contribution in [1.29, 1.82) is 0 Å². The standard InChI is InChI=1S/C31H34O6/c1-11-14-7-19(14)29(4)17(11)10-18-12(2)28(35)37-31(18)21(29)9-16-15-8-20(15)30(5)23(16)24(31)22(25(32)26(30)33)13(3)27(34)36-6/h14-15,17,19-21,24,26,33H,1,7-10H2,2-6H3/t14-,15+,17-,19-,20+,21-,24-,26-,29+,30-,31-/m0/s1. The smallest absolute Gasteiger partial charge is 0.334 e. The maximum absolute atomic E-state index is 14.1. The predicted octanol–water partition coefficient (Wildman–Crippen LogP) is 3.85. The Hall–Kier alpha value is -2.47. The molecule has 11 atom stereocenters. The second-order valence-electron chi connectivity index (χ2n) is 13.6. The van der Waals surface area contributed by atoms with Crippen LogP contribution >= 0.6 is 0 Å². The Labute approximate surface area is 216 Å². The predicted molar refractivity (Wildman–Crippen MR) is 133 cm³/mol. The molecule has 0 aromatic heterocycles. The lowest BCUT2D eigenvalue weighted by molar-refractivity contribution is -0.175. The molecule has 0 radical (unpaired) electrons. The molecule has 7 aliphatic carbocycles. The number of fused-ring (bicyclic) bond motifs is 7. The first kappa shape index (κ1) is 22.5. The van der Waals surface area contributed by atoms with Crippen LogP contribution in [0.3, 0.4) is 0 Å². The van der Waals surface area contributed by atoms with Crippen molar-refractivity contribution in [2.75, 3.05) is 7.11 Å². The van der Waals surface area contributed by atoms with E-state index < -0.39 is 34.8 Å². The van der Waals surface area contributed by atoms with Crippen LogP contribution in [0.1, 0.15) is 53.4 Å². The summed E-state index contributed by atoms with van der Waals surface area (Å²) in [5.41, 5.74) is 4.08. The summed E-state index contributed by atoms with van der Waals surface area (Å²) in [7, 11) is 1.31. The van der Waals surface area contributed by atoms with Crippen LogP contribution in [0.2, 0.25) is 0 Å². The lowest BCUT2D eigenvalue weighted by Gasteiger charge is -2.62. The minimum Gasteiger partial charge on any atom is -0.466 e. The Bertz CT molecular complexity index is 1390. The molecule has 1 spiro atoms. The molecule has 0 aromatic carbocycles. The Morgan fingerprint density at radius 1 is 1.14 bits per heavy atom. The number of carbonyl (C=O) groups excluding carboxylic acids is 3. The number of ketones is 1. The van der Waals surface area contributed by atoms with E-state index in [1.807, 2.05) is 13.8 Å². The Morgan fingerprint density at radius 3 is 2.54 bits per heavy atom. The maximum atomic E-state index is 14.1. The summed E-state index contributed by atoms with van der Waals surface area (Å²) in [6.07, 6.45) is 2.43. The minimum absolute atomic E-state index is 0.000222. The van der Waals surface area contributed by atoms with Crippen molar-refractivity contribution >= 4 is 17.7 Å². The van der Waals surface area contributed by atoms with Crippen LogP contribution in [0.4, 0.5) is 0 Å². The monoisotopic (exact) mass is 502 g/mol. The number of aliphatic hydroxyl groups excluding tert-OH is 1. The molecular weight excluding hydrogens is 468 g/mol. The number of hydrogen-bond acceptors (Lipinski definition) is 6. The van der Waals surface area contributed by atoms with E-state index in [0.29, 0.717) is 35.3 Å². The highest BCUT2D eigenvalue weighted by Gasteiger charge is 2.80. The van der Waals surface area contributed by atoms with Gasteiger partial charge in [-0.25, -0.2) is 9.59 Å². The highest BCUT2D eigenvalue weighted by Crippen LogP contribution is 2.82. The molecule has 194 valence electrons. The van der Waals surface area contributed by atoms with Crippen molar-refractivity contribution in [3.8, 4) is 0 Å². The third kappa shape index (κ3) is 2.08. The van der Waals surface area contributed by atoms with Gasteiger partial charge in [-0.15, -0.1) is 0 Å². The molecule has 8 rings (SSSR count). The van der Waals surface area contributed by atoms with Gasteiger partial charge in [-0.2, -0.15) is 0 Å². The molecule has 0 unspecified atom stereocenters. The van der Waals surface area contributed by atoms with Crippen LogP contribution in [0.5, 0.6) is 0 Å². The number of allylic oxidation sites excluding steroid dienone is 2. The minimum atomic E-state index is -1.22. The van der Waals surface area contributed by atoms with Crippen LogP contribution in [-0.2, 0) is 23.9 Å². The van der Waals surface area contributed by atoms with Gasteiger partial charge in [0.15, 0.2) is 5.78 Å². The van der Waals surface area contributed by atoms with Gasteiger partial charge in [0.2, 0.25) is 0 Å². The first-order valence-corrected chi connectivity index (χ1v) is 13.8. The topological polar surface area (TPSA) is 89.9 Å². The van der Waals surface area contributed by atoms with Gasteiger partial charge < -0.3 is 14.6 Å². The normalized spacial score (nSPS) is 53.1. The molecule has 5 fully saturated rings. The fourth-order valence-corrected chi connectivity index (χ4v) is 11.0. The fourth-order valence-electron chi connectivity index (χ4n) is 11.0. The van der Waals surface area contributed by atoms with Gasteiger partial charge in [-0.05, 0) is 85.7 Å². The number of hydrogen-bond donors (Lipinski definition) is 1. The fraction of sp³-hybridized carbons (Fsp3) is 0.645. The average Bonchev–Trinajstić information content (AvgIpc) is 3.77. The van der Waals surface area contributed by atoms with E-state index in [1.54, 1.807) is 6.92 Å². The number of Topliss-reactive ketones (excluding diaryl/α,β-unsaturated/α-hetero) is 1. The molecule has 1 N–H and O–H groups in total. The van der Waals surface area contributed by atoms with Crippen molar-refractivity contribution < 1.29 is 29.0 Å². The van der Waals surface area contributed by atoms with Crippen molar-refractivity contribution in [3.63, 3.8) is 0 Å². The molecule has 1 aliphatic heterocycles. The third-order valence-corrected chi connectivity index (χ3v) is 12.8. The number of carbonyl (C=O) groups is 3. The first-order valence-electron chi connectivity index (χ1n) is 13.8. The second kappa shape index (κ2) is 6.22. The SMILES string of the molecule is C=C1[C@@H]2C[C@@H]2[C@]2(C)[C@@H]3CC4=C5[C@H](C(=C(C)C(=O)OC)C(=O)[C@H](O)[C@@]5(C)[C@@H]5C[C@H]45)[C@@]34OC(=O)C(C)=C4C[C@@H]12. The molecule has 6 heteroatoms. The van der Waals surface area contributed by atoms with E-state index in [-0.39, 0.29) is 34.7 Å². The van der Waals surface area contributed by atoms with Gasteiger partial charge in [-0.1, -0.05) is 31.6 Å². The Kier molecular flexibility index (Phi) is 3.78. The number of esters is 2. The summed E-state index contributed by atoms with van der Waals surface area (Å²) in [6, 6.07) is 0. The van der Waals surface area contributed by atoms with E-state index >= 15 is 0 Å². The molecule has 0 bridgehead atoms. The van der Waals surface area contributed by atoms with Crippen LogP contribution in [0.15, 0.2) is 45.6 Å². The molecule has 0 amide bonds. The van der Waals surface area contributed by atoms with Gasteiger partial charge in [0.05, 0.1) is 13.0 Å². The number of aliphatic hydroxyl groups is 1. The summed E-state index contributed by atoms with van der Waals surface area (Å²) < 4.78 is 11.7. The zero-order chi connectivity index (χ0) is 26.1. The van der Waals surface area contributed by atoms with Crippen molar-refractivity contribution in [1.82, 2.24) is 0 Å². The van der Waals surface area contributed by atoms with E-state index in [1.165, 1.54) is 18.3 Å². The largest absolute Gasteiger partial charge is 0.466 e. The molecule has 0 aromatic rings. The van der Waals surface area contributed by atoms with Gasteiger partial charge in [0.25, 0.3) is 0 Å². The number of methoxy groups -OCH3 is 1. The molecule has 6 nitrogen and oxygen atoms in total. The highest BCUT2D eigenvalue weighted by molar-refractivity contribution is 6.09. The summed E-state index contributed by atoms with van der Waals surface area (Å²) in [4.78, 5) is 40.5. The van der Waals surface area contributed by atoms with E-state index in [9.17, 15) is 19.5 Å². The lowest BCUT2D eigenvalue weighted by Crippen LogP contribution is -2.65. The Morgan fingerprint density at radius 2 is 1.84 bits per heavy atom. The molecule has 0 saturated heterocycles. The summed E-state index contributed by atoms with van der Waals surface area (Å²) in [5.74, 6) is 0.0426. The molecular formula is C31H34O6. The first-order chi connectivity index (χ1) is 17.4. The van der Waals surface area contributed by atoms with Crippen molar-refractivity contribution in [2.24, 2.45) is 52.3 Å². The van der Waals surface area contributed by atoms with E-state index in [0.717, 1.165) is 30.4 Å². The van der Waals surface area contributed by atoms with Crippen molar-refractivity contribution in [2.45, 2.75) is 65.1 Å². The van der Waals surface area contributed by atoms with Gasteiger partial charge in [0, 0.05) is 28.1 Å². The molecule has 37 heavy (non-hydrogen) atoms. The third-order valence-electron chi connectivity index (χ3n) is 12.8. The Balaban J connectivity index is 1.47. The van der Waals surface area contributed by atoms with Crippen molar-refractivity contribution in [3.05, 3.63) is 45.6 Å². The molecule has 1 heterocycles. The summed E-state index contributed by atoms with van der Waals surface area (Å²) in [6.45, 7) is 12.4. The quantitative estimate of drug-likeness (QED) is 0.333. The van der Waals surface area contributed by atoms with Crippen LogP contribution in [-0.4, -0.2) is 41.6 Å². The van der Waals surface area contributed by atoms with Gasteiger partial charge in [-0.3, -0.25) is 4.79 Å². The van der Waals surface area contributed by atoms with E-state index in [2.05, 4.69) is 13.5 Å². The molecule has 8 aliphatic rings. The van der Waals surface area contributed by atoms with Crippen LogP contribution < -0.4 is 0 Å². The van der Waals surface area contributed by atoms with Crippen LogP contribution in [0, 0.1) is 52.3 Å². The maximum Gasteiger partial charge on any atom is 0.334 e. The highest BCUT2D eigenvalue weighted by atomic mass is 16.6. The average molecular weight is 503 g/mol. The zero-order valence-corrected chi connectivity index (χ0v) is 22.1. The van der Waals surface area contributed by atoms with Gasteiger partial charge in [0.1, 0.15) is 11.7 Å². The number of ether oxygens (including phenoxy) is 2. The zero-order valence-electron chi connectivity index (χ0n) is 22.1. The number of rotatable bonds is 1.